The summed E-state index contributed by atoms with van der Waals surface area (Å²) in [6.07, 6.45) is 2.13. The highest BCUT2D eigenvalue weighted by molar-refractivity contribution is 7.16. The third-order valence-corrected chi connectivity index (χ3v) is 6.25. The normalized spacial score (nSPS) is 12.6. The second-order valence-electron chi connectivity index (χ2n) is 8.44. The molecule has 0 aliphatic heterocycles. The molecule has 0 saturated heterocycles. The van der Waals surface area contributed by atoms with E-state index in [0.717, 1.165) is 37.8 Å². The summed E-state index contributed by atoms with van der Waals surface area (Å²) < 4.78 is 7.34. The van der Waals surface area contributed by atoms with Gasteiger partial charge in [-0.15, -0.1) is 21.5 Å². The largest absolute Gasteiger partial charge is 0.496 e. The molecule has 162 valence electrons. The number of para-hydroxylation sites is 1. The van der Waals surface area contributed by atoms with Crippen molar-refractivity contribution in [3.63, 3.8) is 0 Å². The number of thiophene rings is 1. The third-order valence-electron chi connectivity index (χ3n) is 5.11. The first-order chi connectivity index (χ1) is 14.8. The van der Waals surface area contributed by atoms with Gasteiger partial charge in [0.15, 0.2) is 11.5 Å². The molecule has 4 aromatic rings. The number of nitrogens with zero attached hydrogens (tertiary/aromatic N) is 5. The lowest BCUT2D eigenvalue weighted by molar-refractivity contribution is 0.304. The Morgan fingerprint density at radius 1 is 1.16 bits per heavy atom. The van der Waals surface area contributed by atoms with Gasteiger partial charge < -0.3 is 14.7 Å². The first-order valence-electron chi connectivity index (χ1n) is 10.2. The first kappa shape index (κ1) is 21.3. The molecule has 0 spiro atoms. The molecule has 31 heavy (non-hydrogen) atoms. The third kappa shape index (κ3) is 4.00. The molecule has 0 fully saturated rings. The monoisotopic (exact) mass is 437 g/mol. The van der Waals surface area contributed by atoms with Crippen molar-refractivity contribution in [1.29, 1.82) is 0 Å². The molecule has 0 bridgehead atoms. The van der Waals surface area contributed by atoms with E-state index in [2.05, 4.69) is 49.2 Å². The van der Waals surface area contributed by atoms with Crippen LogP contribution >= 0.6 is 11.3 Å². The van der Waals surface area contributed by atoms with E-state index in [-0.39, 0.29) is 12.0 Å². The summed E-state index contributed by atoms with van der Waals surface area (Å²) in [5.74, 6) is 1.39. The van der Waals surface area contributed by atoms with Crippen molar-refractivity contribution in [2.45, 2.75) is 26.2 Å². The number of aliphatic hydroxyl groups is 1. The van der Waals surface area contributed by atoms with Crippen LogP contribution in [-0.4, -0.2) is 52.2 Å². The van der Waals surface area contributed by atoms with E-state index in [0.29, 0.717) is 12.4 Å². The number of anilines is 1. The van der Waals surface area contributed by atoms with Gasteiger partial charge in [-0.25, -0.2) is 0 Å². The Hall–Kier alpha value is -2.97. The molecule has 3 heterocycles. The van der Waals surface area contributed by atoms with Crippen molar-refractivity contribution in [2.75, 3.05) is 32.2 Å². The van der Waals surface area contributed by atoms with Crippen molar-refractivity contribution in [3.05, 3.63) is 52.2 Å². The van der Waals surface area contributed by atoms with Crippen LogP contribution in [0.3, 0.4) is 0 Å². The van der Waals surface area contributed by atoms with Crippen molar-refractivity contribution in [2.24, 2.45) is 0 Å². The zero-order valence-electron chi connectivity index (χ0n) is 18.5. The summed E-state index contributed by atoms with van der Waals surface area (Å²) in [6, 6.07) is 11.9. The Morgan fingerprint density at radius 2 is 1.94 bits per heavy atom. The van der Waals surface area contributed by atoms with Gasteiger partial charge in [-0.3, -0.25) is 0 Å². The van der Waals surface area contributed by atoms with Crippen LogP contribution in [0.5, 0.6) is 5.75 Å². The highest BCUT2D eigenvalue weighted by Gasteiger charge is 2.25. The highest BCUT2D eigenvalue weighted by Crippen LogP contribution is 2.30. The molecule has 4 rings (SSSR count). The van der Waals surface area contributed by atoms with Gasteiger partial charge in [0.05, 0.1) is 30.0 Å². The number of hydrogen-bond donors (Lipinski definition) is 1. The molecule has 7 nitrogen and oxygen atoms in total. The number of hydrogen-bond acceptors (Lipinski definition) is 7. The van der Waals surface area contributed by atoms with Crippen LogP contribution < -0.4 is 14.9 Å². The number of aliphatic hydroxyl groups excluding tert-OH is 1. The lowest BCUT2D eigenvalue weighted by Crippen LogP contribution is -2.22. The molecule has 0 aliphatic rings. The van der Waals surface area contributed by atoms with Crippen molar-refractivity contribution in [1.82, 2.24) is 19.8 Å². The predicted molar refractivity (Wildman–Crippen MR) is 125 cm³/mol. The molecule has 8 heteroatoms. The van der Waals surface area contributed by atoms with E-state index in [9.17, 15) is 5.11 Å². The second-order valence-corrected chi connectivity index (χ2v) is 9.53. The van der Waals surface area contributed by atoms with E-state index in [1.807, 2.05) is 40.7 Å². The molecule has 1 aromatic carbocycles. The zero-order chi connectivity index (χ0) is 22.2. The molecule has 0 radical (unpaired) electrons. The predicted octanol–water partition coefficient (Wildman–Crippen LogP) is 3.14. The van der Waals surface area contributed by atoms with Gasteiger partial charge in [-0.1, -0.05) is 32.9 Å². The zero-order valence-corrected chi connectivity index (χ0v) is 19.3. The summed E-state index contributed by atoms with van der Waals surface area (Å²) in [6.45, 7) is 7.17. The minimum atomic E-state index is -0.168. The van der Waals surface area contributed by atoms with Crippen LogP contribution in [0.4, 0.5) is 5.00 Å². The van der Waals surface area contributed by atoms with E-state index < -0.39 is 0 Å². The van der Waals surface area contributed by atoms with Crippen LogP contribution in [0.2, 0.25) is 0 Å². The summed E-state index contributed by atoms with van der Waals surface area (Å²) in [5.41, 5.74) is 2.38. The maximum absolute atomic E-state index is 9.21. The number of ether oxygens (including phenoxy) is 1. The summed E-state index contributed by atoms with van der Waals surface area (Å²) in [5, 5.41) is 25.1. The molecular weight excluding hydrogens is 410 g/mol. The quantitative estimate of drug-likeness (QED) is 0.500. The topological polar surface area (TPSA) is 75.8 Å². The van der Waals surface area contributed by atoms with Gasteiger partial charge in [-0.05, 0) is 30.3 Å². The molecular formula is C23H27N5O2S. The SMILES string of the molecule is COc1ccccc1-c1nnc2/c(=C\c3ccc(N(C)CCO)s3)c(C(C)(C)C)nn12. The Labute approximate surface area is 185 Å². The van der Waals surface area contributed by atoms with Gasteiger partial charge in [0.25, 0.3) is 0 Å². The van der Waals surface area contributed by atoms with Crippen LogP contribution in [0, 0.1) is 0 Å². The molecule has 0 amide bonds. The Kier molecular flexibility index (Phi) is 5.68. The smallest absolute Gasteiger partial charge is 0.189 e. The van der Waals surface area contributed by atoms with E-state index in [4.69, 9.17) is 9.84 Å². The lowest BCUT2D eigenvalue weighted by atomic mass is 9.91. The Bertz CT molecular complexity index is 1250. The van der Waals surface area contributed by atoms with Gasteiger partial charge in [-0.2, -0.15) is 9.61 Å². The van der Waals surface area contributed by atoms with Gasteiger partial charge in [0.1, 0.15) is 5.75 Å². The van der Waals surface area contributed by atoms with Crippen LogP contribution in [0.1, 0.15) is 31.3 Å². The average molecular weight is 438 g/mol. The van der Waals surface area contributed by atoms with E-state index >= 15 is 0 Å². The van der Waals surface area contributed by atoms with Crippen LogP contribution in [0.15, 0.2) is 36.4 Å². The van der Waals surface area contributed by atoms with Gasteiger partial charge in [0.2, 0.25) is 0 Å². The molecule has 3 aromatic heterocycles. The number of benzene rings is 1. The summed E-state index contributed by atoms with van der Waals surface area (Å²) in [7, 11) is 3.63. The van der Waals surface area contributed by atoms with Crippen LogP contribution in [0.25, 0.3) is 23.1 Å². The van der Waals surface area contributed by atoms with E-state index in [1.165, 1.54) is 0 Å². The maximum Gasteiger partial charge on any atom is 0.189 e. The standard InChI is InChI=1S/C23H27N5O2S/c1-23(2,3)20-17(14-15-10-11-19(31-15)27(4)12-13-29)22-25-24-21(28(22)26-20)16-8-6-7-9-18(16)30-5/h6-11,14,29H,12-13H2,1-5H3/b17-14-. The van der Waals surface area contributed by atoms with Crippen molar-refractivity contribution < 1.29 is 9.84 Å². The van der Waals surface area contributed by atoms with Crippen molar-refractivity contribution in [3.8, 4) is 17.1 Å². The minimum Gasteiger partial charge on any atom is -0.496 e. The number of aromatic nitrogens is 4. The first-order valence-corrected chi connectivity index (χ1v) is 11.0. The second kappa shape index (κ2) is 8.28. The number of fused-ring (bicyclic) bond motifs is 1. The van der Waals surface area contributed by atoms with Gasteiger partial charge >= 0.3 is 0 Å². The molecule has 0 saturated carbocycles. The summed E-state index contributed by atoms with van der Waals surface area (Å²) >= 11 is 1.67. The fourth-order valence-corrected chi connectivity index (χ4v) is 4.45. The minimum absolute atomic E-state index is 0.125. The number of methoxy groups -OCH3 is 1. The average Bonchev–Trinajstić information content (AvgIpc) is 3.44. The molecule has 1 N–H and O–H groups in total. The lowest BCUT2D eigenvalue weighted by Gasteiger charge is -2.15. The van der Waals surface area contributed by atoms with Crippen molar-refractivity contribution >= 4 is 28.1 Å². The highest BCUT2D eigenvalue weighted by atomic mass is 32.1. The van der Waals surface area contributed by atoms with Gasteiger partial charge in [0, 0.05) is 29.1 Å². The fourth-order valence-electron chi connectivity index (χ4n) is 3.51. The maximum atomic E-state index is 9.21. The van der Waals surface area contributed by atoms with E-state index in [1.54, 1.807) is 18.4 Å². The Morgan fingerprint density at radius 3 is 2.65 bits per heavy atom. The Balaban J connectivity index is 1.89. The molecule has 0 atom stereocenters. The molecule has 0 aliphatic carbocycles. The fraction of sp³-hybridized carbons (Fsp3) is 0.348. The number of likely N-dealkylation sites (N-methyl/N-ethyl adjacent to an activating group) is 1. The van der Waals surface area contributed by atoms with Crippen LogP contribution in [-0.2, 0) is 5.41 Å². The molecule has 0 unspecified atom stereocenters. The summed E-state index contributed by atoms with van der Waals surface area (Å²) in [4.78, 5) is 3.14. The number of rotatable bonds is 6.